The molecule has 1 aromatic carbocycles. The van der Waals surface area contributed by atoms with E-state index < -0.39 is 0 Å². The van der Waals surface area contributed by atoms with Crippen LogP contribution < -0.4 is 11.1 Å². The standard InChI is InChI=1S/C15H21BrN2O2S.ClH/c1-10(21-13-5-2-11(16)3-6-13)9-18-15(19)14-7-4-12(8-17)20-14;/h2-3,5-6,10,12,14H,4,7-9,17H2,1H3,(H,18,19);1H/t10?,12-,14+;/m1./s1. The number of carbonyl (C=O) groups is 1. The van der Waals surface area contributed by atoms with Gasteiger partial charge in [-0.15, -0.1) is 24.2 Å². The van der Waals surface area contributed by atoms with Gasteiger partial charge in [0.15, 0.2) is 0 Å². The summed E-state index contributed by atoms with van der Waals surface area (Å²) in [6.45, 7) is 3.22. The predicted molar refractivity (Wildman–Crippen MR) is 96.7 cm³/mol. The van der Waals surface area contributed by atoms with Gasteiger partial charge in [0.25, 0.3) is 0 Å². The zero-order valence-electron chi connectivity index (χ0n) is 12.5. The lowest BCUT2D eigenvalue weighted by Gasteiger charge is -2.16. The Kier molecular flexibility index (Phi) is 8.79. The number of benzene rings is 1. The molecular weight excluding hydrogens is 388 g/mol. The van der Waals surface area contributed by atoms with Gasteiger partial charge < -0.3 is 15.8 Å². The van der Waals surface area contributed by atoms with Crippen molar-refractivity contribution >= 4 is 46.0 Å². The Balaban J connectivity index is 0.00000242. The van der Waals surface area contributed by atoms with Gasteiger partial charge in [-0.1, -0.05) is 22.9 Å². The molecule has 1 amide bonds. The van der Waals surface area contributed by atoms with Crippen molar-refractivity contribution in [1.82, 2.24) is 5.32 Å². The quantitative estimate of drug-likeness (QED) is 0.709. The van der Waals surface area contributed by atoms with Crippen LogP contribution in [0.15, 0.2) is 33.6 Å². The lowest BCUT2D eigenvalue weighted by atomic mass is 10.2. The first-order valence-electron chi connectivity index (χ1n) is 7.14. The second kappa shape index (κ2) is 9.78. The van der Waals surface area contributed by atoms with Gasteiger partial charge in [-0.05, 0) is 37.1 Å². The molecule has 22 heavy (non-hydrogen) atoms. The first-order valence-corrected chi connectivity index (χ1v) is 8.81. The smallest absolute Gasteiger partial charge is 0.249 e. The van der Waals surface area contributed by atoms with Crippen LogP contribution in [0.5, 0.6) is 0 Å². The van der Waals surface area contributed by atoms with Gasteiger partial charge in [-0.25, -0.2) is 0 Å². The zero-order chi connectivity index (χ0) is 15.2. The molecule has 3 atom stereocenters. The fourth-order valence-corrected chi connectivity index (χ4v) is 3.41. The molecule has 1 aliphatic rings. The fraction of sp³-hybridized carbons (Fsp3) is 0.533. The molecule has 124 valence electrons. The van der Waals surface area contributed by atoms with E-state index in [1.807, 2.05) is 12.1 Å². The van der Waals surface area contributed by atoms with E-state index in [0.29, 0.717) is 18.3 Å². The van der Waals surface area contributed by atoms with E-state index in [-0.39, 0.29) is 30.5 Å². The minimum Gasteiger partial charge on any atom is -0.364 e. The average Bonchev–Trinajstić information content (AvgIpc) is 2.96. The highest BCUT2D eigenvalue weighted by atomic mass is 79.9. The highest BCUT2D eigenvalue weighted by Gasteiger charge is 2.29. The number of carbonyl (C=O) groups excluding carboxylic acids is 1. The zero-order valence-corrected chi connectivity index (χ0v) is 15.7. The minimum absolute atomic E-state index is 0. The number of amides is 1. The van der Waals surface area contributed by atoms with Crippen molar-refractivity contribution in [3.63, 3.8) is 0 Å². The van der Waals surface area contributed by atoms with Crippen LogP contribution in [0, 0.1) is 0 Å². The SMILES string of the molecule is CC(CNC(=O)[C@@H]1CC[C@H](CN)O1)Sc1ccc(Br)cc1.Cl. The molecule has 0 aromatic heterocycles. The van der Waals surface area contributed by atoms with Crippen LogP contribution in [0.4, 0.5) is 0 Å². The first-order chi connectivity index (χ1) is 10.1. The second-order valence-electron chi connectivity index (χ2n) is 5.19. The Morgan fingerprint density at radius 3 is 2.73 bits per heavy atom. The topological polar surface area (TPSA) is 64.4 Å². The van der Waals surface area contributed by atoms with Crippen LogP contribution in [0.3, 0.4) is 0 Å². The Morgan fingerprint density at radius 1 is 1.45 bits per heavy atom. The van der Waals surface area contributed by atoms with Gasteiger partial charge in [0.1, 0.15) is 6.10 Å². The molecule has 0 radical (unpaired) electrons. The Morgan fingerprint density at radius 2 is 2.14 bits per heavy atom. The Bertz CT molecular complexity index is 475. The number of halogens is 2. The lowest BCUT2D eigenvalue weighted by molar-refractivity contribution is -0.131. The number of nitrogens with one attached hydrogen (secondary N) is 1. The van der Waals surface area contributed by atoms with Crippen LogP contribution in [-0.4, -0.2) is 36.5 Å². The summed E-state index contributed by atoms with van der Waals surface area (Å²) in [7, 11) is 0. The fourth-order valence-electron chi connectivity index (χ4n) is 2.22. The third kappa shape index (κ3) is 6.08. The monoisotopic (exact) mass is 408 g/mol. The summed E-state index contributed by atoms with van der Waals surface area (Å²) in [5.41, 5.74) is 5.55. The lowest BCUT2D eigenvalue weighted by Crippen LogP contribution is -2.38. The Labute approximate surface area is 150 Å². The van der Waals surface area contributed by atoms with Crippen molar-refractivity contribution in [2.45, 2.75) is 42.1 Å². The molecule has 1 heterocycles. The summed E-state index contributed by atoms with van der Waals surface area (Å²) in [6.07, 6.45) is 1.35. The predicted octanol–water partition coefficient (Wildman–Crippen LogP) is 2.97. The van der Waals surface area contributed by atoms with Crippen LogP contribution in [-0.2, 0) is 9.53 Å². The number of hydrogen-bond donors (Lipinski definition) is 2. The van der Waals surface area contributed by atoms with Crippen molar-refractivity contribution in [3.8, 4) is 0 Å². The molecule has 4 nitrogen and oxygen atoms in total. The summed E-state index contributed by atoms with van der Waals surface area (Å²) in [4.78, 5) is 13.2. The van der Waals surface area contributed by atoms with E-state index in [9.17, 15) is 4.79 Å². The van der Waals surface area contributed by atoms with Crippen molar-refractivity contribution in [2.75, 3.05) is 13.1 Å². The van der Waals surface area contributed by atoms with Crippen molar-refractivity contribution < 1.29 is 9.53 Å². The van der Waals surface area contributed by atoms with E-state index in [2.05, 4.69) is 40.3 Å². The molecule has 0 aliphatic carbocycles. The maximum atomic E-state index is 12.0. The van der Waals surface area contributed by atoms with Crippen molar-refractivity contribution in [3.05, 3.63) is 28.7 Å². The number of thioether (sulfide) groups is 1. The van der Waals surface area contributed by atoms with E-state index in [1.54, 1.807) is 11.8 Å². The summed E-state index contributed by atoms with van der Waals surface area (Å²) in [5, 5.41) is 3.27. The highest BCUT2D eigenvalue weighted by Crippen LogP contribution is 2.24. The van der Waals surface area contributed by atoms with E-state index in [1.165, 1.54) is 4.90 Å². The normalized spacial score (nSPS) is 22.0. The molecule has 1 unspecified atom stereocenters. The number of nitrogens with two attached hydrogens (primary N) is 1. The van der Waals surface area contributed by atoms with Crippen LogP contribution in [0.1, 0.15) is 19.8 Å². The van der Waals surface area contributed by atoms with Gasteiger partial charge in [0.05, 0.1) is 6.10 Å². The van der Waals surface area contributed by atoms with Crippen LogP contribution in [0.2, 0.25) is 0 Å². The molecular formula is C15H22BrClN2O2S. The highest BCUT2D eigenvalue weighted by molar-refractivity contribution is 9.10. The van der Waals surface area contributed by atoms with Gasteiger partial charge in [-0.2, -0.15) is 0 Å². The molecule has 1 aromatic rings. The van der Waals surface area contributed by atoms with E-state index in [0.717, 1.165) is 17.3 Å². The maximum Gasteiger partial charge on any atom is 0.249 e. The molecule has 1 fully saturated rings. The van der Waals surface area contributed by atoms with Crippen LogP contribution in [0.25, 0.3) is 0 Å². The molecule has 0 bridgehead atoms. The van der Waals surface area contributed by atoms with E-state index >= 15 is 0 Å². The summed E-state index contributed by atoms with van der Waals surface area (Å²) >= 11 is 5.17. The van der Waals surface area contributed by atoms with Gasteiger partial charge in [0, 0.05) is 27.7 Å². The molecule has 1 saturated heterocycles. The maximum absolute atomic E-state index is 12.0. The molecule has 0 saturated carbocycles. The average molecular weight is 410 g/mol. The number of rotatable bonds is 6. The molecule has 2 rings (SSSR count). The first kappa shape index (κ1) is 19.8. The van der Waals surface area contributed by atoms with Gasteiger partial charge in [0.2, 0.25) is 5.91 Å². The summed E-state index contributed by atoms with van der Waals surface area (Å²) in [6, 6.07) is 8.18. The van der Waals surface area contributed by atoms with Gasteiger partial charge in [-0.3, -0.25) is 4.79 Å². The molecule has 3 N–H and O–H groups in total. The van der Waals surface area contributed by atoms with Crippen molar-refractivity contribution in [2.24, 2.45) is 5.73 Å². The molecule has 1 aliphatic heterocycles. The van der Waals surface area contributed by atoms with Crippen LogP contribution >= 0.6 is 40.1 Å². The minimum atomic E-state index is -0.330. The number of ether oxygens (including phenoxy) is 1. The second-order valence-corrected chi connectivity index (χ2v) is 7.61. The Hall–Kier alpha value is -0.270. The summed E-state index contributed by atoms with van der Waals surface area (Å²) < 4.78 is 6.66. The largest absolute Gasteiger partial charge is 0.364 e. The third-order valence-electron chi connectivity index (χ3n) is 3.38. The van der Waals surface area contributed by atoms with Gasteiger partial charge >= 0.3 is 0 Å². The number of hydrogen-bond acceptors (Lipinski definition) is 4. The molecule has 0 spiro atoms. The van der Waals surface area contributed by atoms with E-state index in [4.69, 9.17) is 10.5 Å². The van der Waals surface area contributed by atoms with Crippen molar-refractivity contribution in [1.29, 1.82) is 0 Å². The summed E-state index contributed by atoms with van der Waals surface area (Å²) in [5.74, 6) is -0.0193. The molecule has 7 heteroatoms. The third-order valence-corrected chi connectivity index (χ3v) is 5.02.